The molecule has 1 atom stereocenters. The summed E-state index contributed by atoms with van der Waals surface area (Å²) < 4.78 is 5.55. The molecule has 0 aliphatic heterocycles. The number of rotatable bonds is 5. The Bertz CT molecular complexity index is 386. The standard InChI is InChI=1S/C13H23N3O/c1-7-10-9(3)15-12(16-11(10)14-5)13(4,8-2)17-6/h7-8H2,1-6H3,(H,14,15,16). The van der Waals surface area contributed by atoms with Crippen molar-refractivity contribution in [3.05, 3.63) is 17.1 Å². The molecule has 96 valence electrons. The van der Waals surface area contributed by atoms with Gasteiger partial charge in [0, 0.05) is 25.4 Å². The van der Waals surface area contributed by atoms with Gasteiger partial charge in [-0.2, -0.15) is 0 Å². The Morgan fingerprint density at radius 3 is 2.35 bits per heavy atom. The highest BCUT2D eigenvalue weighted by atomic mass is 16.5. The Labute approximate surface area is 104 Å². The first-order chi connectivity index (χ1) is 8.02. The van der Waals surface area contributed by atoms with Crippen molar-refractivity contribution in [2.75, 3.05) is 19.5 Å². The van der Waals surface area contributed by atoms with E-state index in [0.717, 1.165) is 30.2 Å². The first-order valence-corrected chi connectivity index (χ1v) is 6.13. The van der Waals surface area contributed by atoms with E-state index in [4.69, 9.17) is 4.74 Å². The molecule has 0 bridgehead atoms. The Balaban J connectivity index is 3.33. The van der Waals surface area contributed by atoms with E-state index in [1.54, 1.807) is 7.11 Å². The predicted molar refractivity (Wildman–Crippen MR) is 70.3 cm³/mol. The van der Waals surface area contributed by atoms with E-state index in [2.05, 4.69) is 29.1 Å². The van der Waals surface area contributed by atoms with Gasteiger partial charge >= 0.3 is 0 Å². The minimum absolute atomic E-state index is 0.414. The third-order valence-corrected chi connectivity index (χ3v) is 3.40. The molecule has 0 aliphatic carbocycles. The molecule has 1 N–H and O–H groups in total. The van der Waals surface area contributed by atoms with Gasteiger partial charge in [0.25, 0.3) is 0 Å². The van der Waals surface area contributed by atoms with Gasteiger partial charge in [0.05, 0.1) is 0 Å². The number of methoxy groups -OCH3 is 1. The molecule has 17 heavy (non-hydrogen) atoms. The van der Waals surface area contributed by atoms with Gasteiger partial charge in [-0.15, -0.1) is 0 Å². The zero-order chi connectivity index (χ0) is 13.1. The highest BCUT2D eigenvalue weighted by molar-refractivity contribution is 5.46. The van der Waals surface area contributed by atoms with Crippen LogP contribution >= 0.6 is 0 Å². The molecule has 1 heterocycles. The van der Waals surface area contributed by atoms with Crippen molar-refractivity contribution in [1.82, 2.24) is 9.97 Å². The predicted octanol–water partition coefficient (Wildman–Crippen LogP) is 2.66. The van der Waals surface area contributed by atoms with Gasteiger partial charge in [-0.05, 0) is 26.7 Å². The largest absolute Gasteiger partial charge is 0.373 e. The molecule has 1 unspecified atom stereocenters. The van der Waals surface area contributed by atoms with Crippen LogP contribution < -0.4 is 5.32 Å². The fraction of sp³-hybridized carbons (Fsp3) is 0.692. The second kappa shape index (κ2) is 5.45. The highest BCUT2D eigenvalue weighted by Gasteiger charge is 2.28. The lowest BCUT2D eigenvalue weighted by atomic mass is 10.0. The van der Waals surface area contributed by atoms with Crippen LogP contribution in [0.1, 0.15) is 44.3 Å². The van der Waals surface area contributed by atoms with Crippen LogP contribution in [-0.4, -0.2) is 24.1 Å². The first-order valence-electron chi connectivity index (χ1n) is 6.13. The number of ether oxygens (including phenoxy) is 1. The van der Waals surface area contributed by atoms with Crippen molar-refractivity contribution in [1.29, 1.82) is 0 Å². The summed E-state index contributed by atoms with van der Waals surface area (Å²) in [4.78, 5) is 9.18. The van der Waals surface area contributed by atoms with E-state index in [1.165, 1.54) is 5.56 Å². The zero-order valence-corrected chi connectivity index (χ0v) is 11.7. The van der Waals surface area contributed by atoms with Crippen molar-refractivity contribution >= 4 is 5.82 Å². The molecule has 0 spiro atoms. The van der Waals surface area contributed by atoms with Crippen LogP contribution in [0.2, 0.25) is 0 Å². The third kappa shape index (κ3) is 2.57. The van der Waals surface area contributed by atoms with Gasteiger partial charge in [0.2, 0.25) is 0 Å². The monoisotopic (exact) mass is 237 g/mol. The van der Waals surface area contributed by atoms with E-state index in [1.807, 2.05) is 20.9 Å². The Hall–Kier alpha value is -1.16. The Morgan fingerprint density at radius 2 is 1.94 bits per heavy atom. The summed E-state index contributed by atoms with van der Waals surface area (Å²) in [5.41, 5.74) is 1.78. The fourth-order valence-electron chi connectivity index (χ4n) is 1.86. The SMILES string of the molecule is CCc1c(C)nc(C(C)(CC)OC)nc1NC. The highest BCUT2D eigenvalue weighted by Crippen LogP contribution is 2.28. The summed E-state index contributed by atoms with van der Waals surface area (Å²) >= 11 is 0. The molecule has 0 saturated carbocycles. The van der Waals surface area contributed by atoms with E-state index < -0.39 is 5.60 Å². The molecule has 4 nitrogen and oxygen atoms in total. The summed E-state index contributed by atoms with van der Waals surface area (Å²) in [5, 5.41) is 3.14. The number of hydrogen-bond acceptors (Lipinski definition) is 4. The topological polar surface area (TPSA) is 47.0 Å². The summed E-state index contributed by atoms with van der Waals surface area (Å²) in [6.07, 6.45) is 1.77. The smallest absolute Gasteiger partial charge is 0.162 e. The molecule has 0 saturated heterocycles. The third-order valence-electron chi connectivity index (χ3n) is 3.40. The molecule has 0 fully saturated rings. The van der Waals surface area contributed by atoms with Gasteiger partial charge in [-0.1, -0.05) is 13.8 Å². The lowest BCUT2D eigenvalue weighted by Gasteiger charge is -2.26. The number of nitrogens with one attached hydrogen (secondary N) is 1. The van der Waals surface area contributed by atoms with Crippen LogP contribution in [0.4, 0.5) is 5.82 Å². The van der Waals surface area contributed by atoms with Crippen LogP contribution in [-0.2, 0) is 16.8 Å². The Kier molecular flexibility index (Phi) is 4.46. The number of aryl methyl sites for hydroxylation is 1. The lowest BCUT2D eigenvalue weighted by molar-refractivity contribution is -0.00902. The average molecular weight is 237 g/mol. The van der Waals surface area contributed by atoms with Crippen molar-refractivity contribution in [3.8, 4) is 0 Å². The minimum Gasteiger partial charge on any atom is -0.373 e. The van der Waals surface area contributed by atoms with Crippen molar-refractivity contribution in [3.63, 3.8) is 0 Å². The van der Waals surface area contributed by atoms with Crippen LogP contribution in [0, 0.1) is 6.92 Å². The zero-order valence-electron chi connectivity index (χ0n) is 11.7. The van der Waals surface area contributed by atoms with Crippen molar-refractivity contribution in [2.45, 2.75) is 46.1 Å². The van der Waals surface area contributed by atoms with Crippen molar-refractivity contribution < 1.29 is 4.74 Å². The van der Waals surface area contributed by atoms with Gasteiger partial charge in [0.1, 0.15) is 11.4 Å². The number of anilines is 1. The van der Waals surface area contributed by atoms with Gasteiger partial charge < -0.3 is 10.1 Å². The van der Waals surface area contributed by atoms with Crippen LogP contribution in [0.25, 0.3) is 0 Å². The molecule has 4 heteroatoms. The molecule has 0 radical (unpaired) electrons. The van der Waals surface area contributed by atoms with Gasteiger partial charge in [-0.25, -0.2) is 9.97 Å². The van der Waals surface area contributed by atoms with E-state index in [-0.39, 0.29) is 0 Å². The molecule has 1 rings (SSSR count). The lowest BCUT2D eigenvalue weighted by Crippen LogP contribution is -2.27. The molecule has 0 aromatic carbocycles. The first kappa shape index (κ1) is 13.9. The maximum atomic E-state index is 5.55. The van der Waals surface area contributed by atoms with Crippen LogP contribution in [0.5, 0.6) is 0 Å². The fourth-order valence-corrected chi connectivity index (χ4v) is 1.86. The molecular weight excluding hydrogens is 214 g/mol. The normalized spacial score (nSPS) is 14.5. The van der Waals surface area contributed by atoms with E-state index in [9.17, 15) is 0 Å². The molecule has 0 amide bonds. The number of aromatic nitrogens is 2. The minimum atomic E-state index is -0.414. The summed E-state index contributed by atoms with van der Waals surface area (Å²) in [7, 11) is 3.59. The van der Waals surface area contributed by atoms with Crippen molar-refractivity contribution in [2.24, 2.45) is 0 Å². The summed E-state index contributed by atoms with van der Waals surface area (Å²) in [6, 6.07) is 0. The second-order valence-electron chi connectivity index (χ2n) is 4.35. The Morgan fingerprint density at radius 1 is 1.29 bits per heavy atom. The van der Waals surface area contributed by atoms with Crippen LogP contribution in [0.3, 0.4) is 0 Å². The summed E-state index contributed by atoms with van der Waals surface area (Å²) in [5.74, 6) is 1.66. The molecule has 1 aromatic heterocycles. The number of hydrogen-bond donors (Lipinski definition) is 1. The van der Waals surface area contributed by atoms with E-state index in [0.29, 0.717) is 0 Å². The van der Waals surface area contributed by atoms with Crippen LogP contribution in [0.15, 0.2) is 0 Å². The second-order valence-corrected chi connectivity index (χ2v) is 4.35. The maximum absolute atomic E-state index is 5.55. The average Bonchev–Trinajstić information content (AvgIpc) is 2.36. The number of nitrogens with zero attached hydrogens (tertiary/aromatic N) is 2. The van der Waals surface area contributed by atoms with E-state index >= 15 is 0 Å². The summed E-state index contributed by atoms with van der Waals surface area (Å²) in [6.45, 7) is 8.24. The quantitative estimate of drug-likeness (QED) is 0.855. The van der Waals surface area contributed by atoms with Gasteiger partial charge in [0.15, 0.2) is 5.82 Å². The molecule has 0 aliphatic rings. The molecular formula is C13H23N3O. The maximum Gasteiger partial charge on any atom is 0.162 e. The van der Waals surface area contributed by atoms with Gasteiger partial charge in [-0.3, -0.25) is 0 Å². The molecule has 1 aromatic rings.